The third-order valence-electron chi connectivity index (χ3n) is 1.74. The summed E-state index contributed by atoms with van der Waals surface area (Å²) in [5.74, 6) is -0.249. The fraction of sp³-hybridized carbons (Fsp3) is 0.200. The maximum Gasteiger partial charge on any atom is 0.425 e. The molecule has 6 nitrogen and oxygen atoms in total. The Morgan fingerprint density at radius 2 is 2.00 bits per heavy atom. The van der Waals surface area contributed by atoms with Gasteiger partial charge in [-0.05, 0) is 18.2 Å². The molecule has 0 fully saturated rings. The molecule has 8 heteroatoms. The van der Waals surface area contributed by atoms with E-state index in [-0.39, 0.29) is 11.6 Å². The summed E-state index contributed by atoms with van der Waals surface area (Å²) < 4.78 is 9.38. The number of hydrazine groups is 1. The van der Waals surface area contributed by atoms with E-state index in [1.807, 2.05) is 5.43 Å². The highest BCUT2D eigenvalue weighted by atomic mass is 35.5. The number of benzene rings is 1. The van der Waals surface area contributed by atoms with Crippen LogP contribution in [-0.2, 0) is 9.53 Å². The van der Waals surface area contributed by atoms with Crippen LogP contribution in [0.15, 0.2) is 18.2 Å². The molecule has 2 N–H and O–H groups in total. The molecule has 1 aromatic rings. The molecule has 1 aromatic carbocycles. The Hall–Kier alpha value is -1.66. The predicted molar refractivity (Wildman–Crippen MR) is 65.6 cm³/mol. The van der Waals surface area contributed by atoms with E-state index in [1.54, 1.807) is 6.07 Å². The van der Waals surface area contributed by atoms with E-state index in [4.69, 9.17) is 27.9 Å². The fourth-order valence-corrected chi connectivity index (χ4v) is 1.41. The number of halogens is 2. The molecular weight excluding hydrogens is 283 g/mol. The monoisotopic (exact) mass is 292 g/mol. The zero-order chi connectivity index (χ0) is 13.5. The summed E-state index contributed by atoms with van der Waals surface area (Å²) in [5.41, 5.74) is 4.07. The Labute approximate surface area is 113 Å². The molecule has 0 aliphatic heterocycles. The molecule has 0 saturated heterocycles. The van der Waals surface area contributed by atoms with Gasteiger partial charge >= 0.3 is 6.09 Å². The van der Waals surface area contributed by atoms with Crippen LogP contribution in [0.2, 0.25) is 10.0 Å². The van der Waals surface area contributed by atoms with Crippen LogP contribution in [0.25, 0.3) is 0 Å². The molecule has 0 radical (unpaired) electrons. The zero-order valence-electron chi connectivity index (χ0n) is 9.33. The van der Waals surface area contributed by atoms with E-state index in [2.05, 4.69) is 10.2 Å². The van der Waals surface area contributed by atoms with Gasteiger partial charge in [-0.1, -0.05) is 23.2 Å². The van der Waals surface area contributed by atoms with E-state index in [9.17, 15) is 9.59 Å². The van der Waals surface area contributed by atoms with Crippen LogP contribution in [0.4, 0.5) is 4.79 Å². The second-order valence-electron chi connectivity index (χ2n) is 3.03. The van der Waals surface area contributed by atoms with Crippen LogP contribution >= 0.6 is 23.2 Å². The van der Waals surface area contributed by atoms with Gasteiger partial charge in [-0.15, -0.1) is 0 Å². The summed E-state index contributed by atoms with van der Waals surface area (Å²) in [5, 5.41) is 0.750. The van der Waals surface area contributed by atoms with E-state index >= 15 is 0 Å². The Morgan fingerprint density at radius 1 is 1.28 bits per heavy atom. The van der Waals surface area contributed by atoms with Gasteiger partial charge in [0.15, 0.2) is 6.61 Å². The molecule has 0 heterocycles. The quantitative estimate of drug-likeness (QED) is 0.833. The zero-order valence-corrected chi connectivity index (χ0v) is 10.8. The summed E-state index contributed by atoms with van der Waals surface area (Å²) in [4.78, 5) is 21.9. The van der Waals surface area contributed by atoms with E-state index in [1.165, 1.54) is 19.2 Å². The number of amides is 2. The third kappa shape index (κ3) is 4.68. The van der Waals surface area contributed by atoms with Crippen molar-refractivity contribution in [3.05, 3.63) is 28.2 Å². The van der Waals surface area contributed by atoms with Crippen molar-refractivity contribution in [1.82, 2.24) is 10.9 Å². The van der Waals surface area contributed by atoms with Crippen molar-refractivity contribution < 1.29 is 19.1 Å². The first-order chi connectivity index (χ1) is 8.52. The van der Waals surface area contributed by atoms with Crippen molar-refractivity contribution >= 4 is 35.2 Å². The minimum absolute atomic E-state index is 0.288. The number of methoxy groups -OCH3 is 1. The molecule has 18 heavy (non-hydrogen) atoms. The highest BCUT2D eigenvalue weighted by Crippen LogP contribution is 2.27. The predicted octanol–water partition coefficient (Wildman–Crippen LogP) is 1.76. The minimum atomic E-state index is -0.784. The largest absolute Gasteiger partial charge is 0.482 e. The Bertz CT molecular complexity index is 454. The molecule has 0 bridgehead atoms. The number of hydrogen-bond acceptors (Lipinski definition) is 4. The second kappa shape index (κ2) is 6.93. The Morgan fingerprint density at radius 3 is 2.61 bits per heavy atom. The third-order valence-corrected chi connectivity index (χ3v) is 2.27. The van der Waals surface area contributed by atoms with Gasteiger partial charge < -0.3 is 9.47 Å². The first-order valence-corrected chi connectivity index (χ1v) is 5.49. The lowest BCUT2D eigenvalue weighted by atomic mass is 10.3. The van der Waals surface area contributed by atoms with Crippen molar-refractivity contribution in [2.24, 2.45) is 0 Å². The number of carbonyl (C=O) groups is 2. The Kier molecular flexibility index (Phi) is 5.54. The van der Waals surface area contributed by atoms with Crippen molar-refractivity contribution in [1.29, 1.82) is 0 Å². The summed E-state index contributed by atoms with van der Waals surface area (Å²) in [6, 6.07) is 4.60. The molecule has 0 aliphatic rings. The molecule has 1 rings (SSSR count). The topological polar surface area (TPSA) is 76.7 Å². The summed E-state index contributed by atoms with van der Waals surface area (Å²) in [6.07, 6.45) is -0.784. The first-order valence-electron chi connectivity index (χ1n) is 4.73. The highest BCUT2D eigenvalue weighted by Gasteiger charge is 2.07. The molecule has 0 atom stereocenters. The highest BCUT2D eigenvalue weighted by molar-refractivity contribution is 6.35. The lowest BCUT2D eigenvalue weighted by molar-refractivity contribution is -0.123. The van der Waals surface area contributed by atoms with Gasteiger partial charge in [0, 0.05) is 5.02 Å². The molecule has 0 unspecified atom stereocenters. The second-order valence-corrected chi connectivity index (χ2v) is 3.87. The maximum absolute atomic E-state index is 11.2. The number of ether oxygens (including phenoxy) is 2. The molecule has 0 aliphatic carbocycles. The van der Waals surface area contributed by atoms with Gasteiger partial charge in [0.1, 0.15) is 5.75 Å². The average Bonchev–Trinajstić information content (AvgIpc) is 2.34. The van der Waals surface area contributed by atoms with Crippen LogP contribution in [0.3, 0.4) is 0 Å². The Balaban J connectivity index is 2.40. The summed E-state index contributed by atoms with van der Waals surface area (Å²) in [7, 11) is 1.17. The number of nitrogens with one attached hydrogen (secondary N) is 2. The van der Waals surface area contributed by atoms with Crippen molar-refractivity contribution in [2.45, 2.75) is 0 Å². The van der Waals surface area contributed by atoms with Gasteiger partial charge in [0.25, 0.3) is 5.91 Å². The van der Waals surface area contributed by atoms with Crippen LogP contribution in [0.5, 0.6) is 5.75 Å². The van der Waals surface area contributed by atoms with Crippen LogP contribution in [-0.4, -0.2) is 25.7 Å². The molecule has 0 aromatic heterocycles. The van der Waals surface area contributed by atoms with Crippen molar-refractivity contribution in [2.75, 3.05) is 13.7 Å². The van der Waals surface area contributed by atoms with Crippen LogP contribution < -0.4 is 15.6 Å². The molecule has 98 valence electrons. The van der Waals surface area contributed by atoms with Gasteiger partial charge in [0.2, 0.25) is 0 Å². The van der Waals surface area contributed by atoms with Gasteiger partial charge in [-0.2, -0.15) is 0 Å². The lowest BCUT2D eigenvalue weighted by Crippen LogP contribution is -2.43. The molecule has 0 spiro atoms. The smallest absolute Gasteiger partial charge is 0.425 e. The molecule has 2 amide bonds. The minimum Gasteiger partial charge on any atom is -0.482 e. The van der Waals surface area contributed by atoms with E-state index < -0.39 is 12.0 Å². The standard InChI is InChI=1S/C10H10Cl2N2O4/c1-17-10(16)14-13-9(15)5-18-8-3-2-6(11)4-7(8)12/h2-4H,5H2,1H3,(H,13,15)(H,14,16). The fourth-order valence-electron chi connectivity index (χ4n) is 0.943. The van der Waals surface area contributed by atoms with Crippen molar-refractivity contribution in [3.63, 3.8) is 0 Å². The van der Waals surface area contributed by atoms with Crippen LogP contribution in [0.1, 0.15) is 0 Å². The van der Waals surface area contributed by atoms with Crippen LogP contribution in [0, 0.1) is 0 Å². The summed E-state index contributed by atoms with van der Waals surface area (Å²) >= 11 is 11.5. The first kappa shape index (κ1) is 14.4. The molecule has 0 saturated carbocycles. The molecular formula is C10H10Cl2N2O4. The number of hydrogen-bond donors (Lipinski definition) is 2. The van der Waals surface area contributed by atoms with Crippen molar-refractivity contribution in [3.8, 4) is 5.75 Å². The van der Waals surface area contributed by atoms with Gasteiger partial charge in [-0.3, -0.25) is 10.2 Å². The maximum atomic E-state index is 11.2. The van der Waals surface area contributed by atoms with E-state index in [0.29, 0.717) is 10.8 Å². The lowest BCUT2D eigenvalue weighted by Gasteiger charge is -2.09. The average molecular weight is 293 g/mol. The normalized spacial score (nSPS) is 9.50. The SMILES string of the molecule is COC(=O)NNC(=O)COc1ccc(Cl)cc1Cl. The number of rotatable bonds is 3. The number of carbonyl (C=O) groups excluding carboxylic acids is 2. The van der Waals surface area contributed by atoms with Gasteiger partial charge in [0.05, 0.1) is 12.1 Å². The van der Waals surface area contributed by atoms with Gasteiger partial charge in [-0.25, -0.2) is 10.2 Å². The van der Waals surface area contributed by atoms with E-state index in [0.717, 1.165) is 0 Å². The summed E-state index contributed by atoms with van der Waals surface area (Å²) in [6.45, 7) is -0.314.